The Morgan fingerprint density at radius 1 is 1.35 bits per heavy atom. The van der Waals surface area contributed by atoms with E-state index in [0.29, 0.717) is 5.75 Å². The van der Waals surface area contributed by atoms with Gasteiger partial charge in [0.2, 0.25) is 0 Å². The number of nitrogens with one attached hydrogen (secondary N) is 1. The summed E-state index contributed by atoms with van der Waals surface area (Å²) in [4.78, 5) is 14.5. The van der Waals surface area contributed by atoms with Crippen LogP contribution in [0.2, 0.25) is 0 Å². The quantitative estimate of drug-likeness (QED) is 0.901. The Labute approximate surface area is 112 Å². The van der Waals surface area contributed by atoms with Crippen molar-refractivity contribution in [2.24, 2.45) is 0 Å². The Hall–Kier alpha value is -2.70. The van der Waals surface area contributed by atoms with Crippen LogP contribution in [0.25, 0.3) is 0 Å². The van der Waals surface area contributed by atoms with Gasteiger partial charge in [-0.15, -0.1) is 0 Å². The number of ether oxygens (including phenoxy) is 1. The van der Waals surface area contributed by atoms with Crippen molar-refractivity contribution in [3.8, 4) is 5.75 Å². The molecule has 0 radical (unpaired) electrons. The maximum Gasteiger partial charge on any atom is 0.338 e. The first-order valence-corrected chi connectivity index (χ1v) is 5.51. The number of pyridine rings is 1. The van der Waals surface area contributed by atoms with Crippen LogP contribution >= 0.6 is 0 Å². The zero-order valence-electron chi connectivity index (χ0n) is 10.4. The fourth-order valence-corrected chi connectivity index (χ4v) is 1.55. The van der Waals surface area contributed by atoms with Gasteiger partial charge in [0.15, 0.2) is 11.6 Å². The van der Waals surface area contributed by atoms with Gasteiger partial charge < -0.3 is 15.2 Å². The maximum absolute atomic E-state index is 13.9. The number of methoxy groups -OCH3 is 1. The molecule has 0 unspecified atom stereocenters. The average Bonchev–Trinajstić information content (AvgIpc) is 2.43. The first kappa shape index (κ1) is 13.7. The van der Waals surface area contributed by atoms with Crippen molar-refractivity contribution in [2.45, 2.75) is 0 Å². The third-order valence-corrected chi connectivity index (χ3v) is 2.55. The molecule has 0 saturated carbocycles. The first-order chi connectivity index (χ1) is 9.52. The smallest absolute Gasteiger partial charge is 0.338 e. The molecule has 5 nitrogen and oxygen atoms in total. The monoisotopic (exact) mass is 280 g/mol. The number of aromatic nitrogens is 1. The summed E-state index contributed by atoms with van der Waals surface area (Å²) in [6.45, 7) is 0. The molecule has 7 heteroatoms. The van der Waals surface area contributed by atoms with E-state index in [1.165, 1.54) is 19.2 Å². The van der Waals surface area contributed by atoms with Gasteiger partial charge in [0.1, 0.15) is 17.1 Å². The van der Waals surface area contributed by atoms with Gasteiger partial charge in [-0.05, 0) is 18.2 Å². The molecule has 104 valence electrons. The normalized spacial score (nSPS) is 10.2. The lowest BCUT2D eigenvalue weighted by Crippen LogP contribution is -2.06. The summed E-state index contributed by atoms with van der Waals surface area (Å²) in [6.07, 6.45) is 1.12. The molecule has 0 aliphatic rings. The molecule has 0 saturated heterocycles. The SMILES string of the molecule is COc1ccc(F)c(Nc2nccc(C(=O)O)c2F)c1. The third kappa shape index (κ3) is 2.66. The van der Waals surface area contributed by atoms with Crippen molar-refractivity contribution in [1.29, 1.82) is 0 Å². The van der Waals surface area contributed by atoms with Crippen LogP contribution in [0.4, 0.5) is 20.3 Å². The molecule has 2 N–H and O–H groups in total. The fourth-order valence-electron chi connectivity index (χ4n) is 1.55. The lowest BCUT2D eigenvalue weighted by molar-refractivity contribution is 0.0692. The molecule has 0 aliphatic carbocycles. The molecule has 1 aromatic carbocycles. The maximum atomic E-state index is 13.9. The van der Waals surface area contributed by atoms with Crippen molar-refractivity contribution >= 4 is 17.5 Å². The summed E-state index contributed by atoms with van der Waals surface area (Å²) in [6, 6.07) is 4.87. The summed E-state index contributed by atoms with van der Waals surface area (Å²) in [7, 11) is 1.40. The van der Waals surface area contributed by atoms with Gasteiger partial charge in [0, 0.05) is 12.3 Å². The molecule has 0 bridgehead atoms. The fraction of sp³-hybridized carbons (Fsp3) is 0.0769. The topological polar surface area (TPSA) is 71.5 Å². The van der Waals surface area contributed by atoms with Gasteiger partial charge in [0.25, 0.3) is 0 Å². The van der Waals surface area contributed by atoms with Crippen LogP contribution in [0, 0.1) is 11.6 Å². The van der Waals surface area contributed by atoms with E-state index in [9.17, 15) is 13.6 Å². The number of halogens is 2. The van der Waals surface area contributed by atoms with Crippen molar-refractivity contribution in [3.63, 3.8) is 0 Å². The lowest BCUT2D eigenvalue weighted by Gasteiger charge is -2.10. The van der Waals surface area contributed by atoms with Crippen molar-refractivity contribution in [3.05, 3.63) is 47.7 Å². The molecule has 0 aliphatic heterocycles. The molecule has 1 aromatic heterocycles. The number of aromatic carboxylic acids is 1. The van der Waals surface area contributed by atoms with Crippen molar-refractivity contribution in [2.75, 3.05) is 12.4 Å². The van der Waals surface area contributed by atoms with E-state index in [2.05, 4.69) is 10.3 Å². The zero-order chi connectivity index (χ0) is 14.7. The van der Waals surface area contributed by atoms with E-state index < -0.39 is 23.2 Å². The predicted octanol–water partition coefficient (Wildman–Crippen LogP) is 2.81. The van der Waals surface area contributed by atoms with Gasteiger partial charge in [-0.1, -0.05) is 0 Å². The minimum atomic E-state index is -1.43. The highest BCUT2D eigenvalue weighted by Crippen LogP contribution is 2.25. The molecule has 20 heavy (non-hydrogen) atoms. The van der Waals surface area contributed by atoms with E-state index in [-0.39, 0.29) is 11.5 Å². The Kier molecular flexibility index (Phi) is 3.79. The van der Waals surface area contributed by atoms with E-state index >= 15 is 0 Å². The number of carboxylic acids is 1. The average molecular weight is 280 g/mol. The molecule has 0 fully saturated rings. The Morgan fingerprint density at radius 2 is 2.10 bits per heavy atom. The highest BCUT2D eigenvalue weighted by atomic mass is 19.1. The van der Waals surface area contributed by atoms with Gasteiger partial charge in [-0.25, -0.2) is 18.6 Å². The molecule has 0 amide bonds. The molecule has 0 atom stereocenters. The highest BCUT2D eigenvalue weighted by Gasteiger charge is 2.16. The Bertz CT molecular complexity index is 662. The number of benzene rings is 1. The van der Waals surface area contributed by atoms with Gasteiger partial charge in [-0.2, -0.15) is 0 Å². The number of nitrogens with zero attached hydrogens (tertiary/aromatic N) is 1. The van der Waals surface area contributed by atoms with Crippen LogP contribution < -0.4 is 10.1 Å². The van der Waals surface area contributed by atoms with E-state index in [1.54, 1.807) is 0 Å². The van der Waals surface area contributed by atoms with Crippen LogP contribution in [0.3, 0.4) is 0 Å². The summed E-state index contributed by atoms with van der Waals surface area (Å²) in [5.41, 5.74) is -0.621. The molecule has 0 spiro atoms. The minimum Gasteiger partial charge on any atom is -0.497 e. The molecule has 1 heterocycles. The van der Waals surface area contributed by atoms with Gasteiger partial charge >= 0.3 is 5.97 Å². The van der Waals surface area contributed by atoms with Crippen molar-refractivity contribution < 1.29 is 23.4 Å². The summed E-state index contributed by atoms with van der Waals surface area (Å²) >= 11 is 0. The number of hydrogen-bond donors (Lipinski definition) is 2. The molecule has 2 aromatic rings. The van der Waals surface area contributed by atoms with Crippen molar-refractivity contribution in [1.82, 2.24) is 4.98 Å². The number of rotatable bonds is 4. The van der Waals surface area contributed by atoms with Gasteiger partial charge in [0.05, 0.1) is 12.8 Å². The van der Waals surface area contributed by atoms with Crippen LogP contribution in [0.1, 0.15) is 10.4 Å². The number of carbonyl (C=O) groups is 1. The number of carboxylic acid groups (broad SMARTS) is 1. The second-order valence-corrected chi connectivity index (χ2v) is 3.80. The second kappa shape index (κ2) is 5.52. The summed E-state index contributed by atoms with van der Waals surface area (Å²) in [5, 5.41) is 11.2. The van der Waals surface area contributed by atoms with Crippen LogP contribution in [0.5, 0.6) is 5.75 Å². The third-order valence-electron chi connectivity index (χ3n) is 2.55. The number of anilines is 2. The highest BCUT2D eigenvalue weighted by molar-refractivity contribution is 5.89. The zero-order valence-corrected chi connectivity index (χ0v) is 10.4. The van der Waals surface area contributed by atoms with Crippen LogP contribution in [-0.4, -0.2) is 23.2 Å². The lowest BCUT2D eigenvalue weighted by atomic mass is 10.2. The Balaban J connectivity index is 2.40. The number of hydrogen-bond acceptors (Lipinski definition) is 4. The summed E-state index contributed by atoms with van der Waals surface area (Å²) in [5.74, 6) is -3.16. The largest absolute Gasteiger partial charge is 0.497 e. The van der Waals surface area contributed by atoms with Crippen LogP contribution in [0.15, 0.2) is 30.5 Å². The van der Waals surface area contributed by atoms with E-state index in [4.69, 9.17) is 9.84 Å². The first-order valence-electron chi connectivity index (χ1n) is 5.51. The van der Waals surface area contributed by atoms with Crippen LogP contribution in [-0.2, 0) is 0 Å². The van der Waals surface area contributed by atoms with Gasteiger partial charge in [-0.3, -0.25) is 0 Å². The molecule has 2 rings (SSSR count). The standard InChI is InChI=1S/C13H10F2N2O3/c1-20-7-2-3-9(14)10(6-7)17-12-11(15)8(13(18)19)4-5-16-12/h2-6H,1H3,(H,16,17)(H,18,19). The van der Waals surface area contributed by atoms with E-state index in [1.807, 2.05) is 0 Å². The Morgan fingerprint density at radius 3 is 2.75 bits per heavy atom. The molecular weight excluding hydrogens is 270 g/mol. The second-order valence-electron chi connectivity index (χ2n) is 3.80. The predicted molar refractivity (Wildman–Crippen MR) is 67.4 cm³/mol. The van der Waals surface area contributed by atoms with E-state index in [0.717, 1.165) is 18.3 Å². The summed E-state index contributed by atoms with van der Waals surface area (Å²) < 4.78 is 32.4. The molecular formula is C13H10F2N2O3. The minimum absolute atomic E-state index is 0.0710.